The number of nitrogens with one attached hydrogen (secondary N) is 1. The van der Waals surface area contributed by atoms with E-state index in [-0.39, 0.29) is 11.8 Å². The third-order valence-electron chi connectivity index (χ3n) is 5.19. The largest absolute Gasteiger partial charge is 0.316 e. The van der Waals surface area contributed by atoms with Crippen molar-refractivity contribution in [1.29, 1.82) is 0 Å². The Kier molecular flexibility index (Phi) is 5.19. The van der Waals surface area contributed by atoms with Crippen molar-refractivity contribution >= 4 is 34.7 Å². The molecule has 9 nitrogen and oxygen atoms in total. The van der Waals surface area contributed by atoms with Gasteiger partial charge in [0.1, 0.15) is 11.4 Å². The number of hydrogen-bond donors (Lipinski definition) is 1. The molecule has 0 saturated carbocycles. The zero-order valence-corrected chi connectivity index (χ0v) is 18.4. The molecule has 10 heteroatoms. The van der Waals surface area contributed by atoms with Gasteiger partial charge in [0.2, 0.25) is 11.0 Å². The van der Waals surface area contributed by atoms with E-state index in [2.05, 4.69) is 27.4 Å². The molecule has 3 aromatic heterocycles. The van der Waals surface area contributed by atoms with Crippen LogP contribution in [0.25, 0.3) is 5.13 Å². The Morgan fingerprint density at radius 3 is 2.83 bits per heavy atom. The number of carbonyl (C=O) groups is 2. The molecule has 4 heterocycles. The van der Waals surface area contributed by atoms with Crippen LogP contribution < -0.4 is 10.2 Å². The topological polar surface area (TPSA) is 97.9 Å². The minimum Gasteiger partial charge on any atom is -0.316 e. The van der Waals surface area contributed by atoms with Gasteiger partial charge in [-0.1, -0.05) is 27.2 Å². The van der Waals surface area contributed by atoms with Gasteiger partial charge in [-0.3, -0.25) is 19.2 Å². The lowest BCUT2D eigenvalue weighted by atomic mass is 9.92. The molecule has 30 heavy (non-hydrogen) atoms. The second-order valence-electron chi connectivity index (χ2n) is 8.14. The molecule has 1 fully saturated rings. The van der Waals surface area contributed by atoms with E-state index < -0.39 is 5.41 Å². The van der Waals surface area contributed by atoms with Gasteiger partial charge in [-0.2, -0.15) is 10.2 Å². The molecule has 1 aliphatic rings. The van der Waals surface area contributed by atoms with Gasteiger partial charge in [0.15, 0.2) is 5.82 Å². The van der Waals surface area contributed by atoms with Gasteiger partial charge in [0.25, 0.3) is 5.91 Å². The summed E-state index contributed by atoms with van der Waals surface area (Å²) in [6.45, 7) is 6.54. The highest BCUT2D eigenvalue weighted by Crippen LogP contribution is 2.36. The minimum absolute atomic E-state index is 0.00853. The van der Waals surface area contributed by atoms with Crippen molar-refractivity contribution in [2.24, 2.45) is 12.5 Å². The molecule has 158 valence electrons. The predicted octanol–water partition coefficient (Wildman–Crippen LogP) is 3.03. The molecule has 1 aliphatic heterocycles. The standard InChI is InChI=1S/C20H25N7O2S/c1-5-6-13-9-21-27(10-13)19-23-15(12-30-19)17(28)22-14-11-25(4)24-16(14)26-8-7-20(2,3)18(26)29/h9-12H,5-8H2,1-4H3,(H,22,28). The summed E-state index contributed by atoms with van der Waals surface area (Å²) in [5.41, 5.74) is 1.50. The Labute approximate surface area is 178 Å². The van der Waals surface area contributed by atoms with Crippen molar-refractivity contribution in [3.63, 3.8) is 0 Å². The van der Waals surface area contributed by atoms with E-state index in [0.717, 1.165) is 24.8 Å². The molecule has 1 N–H and O–H groups in total. The lowest BCUT2D eigenvalue weighted by molar-refractivity contribution is -0.124. The van der Waals surface area contributed by atoms with Crippen molar-refractivity contribution in [3.8, 4) is 5.13 Å². The van der Waals surface area contributed by atoms with Crippen LogP contribution in [0.4, 0.5) is 11.5 Å². The Balaban J connectivity index is 1.53. The quantitative estimate of drug-likeness (QED) is 0.652. The first-order chi connectivity index (χ1) is 14.3. The van der Waals surface area contributed by atoms with Crippen LogP contribution in [-0.4, -0.2) is 42.9 Å². The van der Waals surface area contributed by atoms with Gasteiger partial charge in [-0.15, -0.1) is 11.3 Å². The summed E-state index contributed by atoms with van der Waals surface area (Å²) in [6, 6.07) is 0. The second-order valence-corrected chi connectivity index (χ2v) is 8.98. The average molecular weight is 428 g/mol. The normalized spacial score (nSPS) is 15.7. The zero-order chi connectivity index (χ0) is 21.5. The van der Waals surface area contributed by atoms with Gasteiger partial charge in [-0.25, -0.2) is 9.67 Å². The maximum absolute atomic E-state index is 12.8. The second kappa shape index (κ2) is 7.67. The smallest absolute Gasteiger partial charge is 0.275 e. The van der Waals surface area contributed by atoms with Crippen molar-refractivity contribution in [2.45, 2.75) is 40.0 Å². The van der Waals surface area contributed by atoms with Crippen LogP contribution in [0.3, 0.4) is 0 Å². The molecule has 0 atom stereocenters. The molecular weight excluding hydrogens is 402 g/mol. The Morgan fingerprint density at radius 1 is 1.33 bits per heavy atom. The van der Waals surface area contributed by atoms with Crippen LogP contribution in [0, 0.1) is 5.41 Å². The van der Waals surface area contributed by atoms with Gasteiger partial charge in [0, 0.05) is 30.6 Å². The van der Waals surface area contributed by atoms with Gasteiger partial charge in [0.05, 0.1) is 12.4 Å². The first-order valence-electron chi connectivity index (χ1n) is 9.95. The van der Waals surface area contributed by atoms with E-state index >= 15 is 0 Å². The third kappa shape index (κ3) is 3.74. The number of carbonyl (C=O) groups excluding carboxylic acids is 2. The number of amides is 2. The Bertz CT molecular complexity index is 1090. The number of rotatable bonds is 6. The number of nitrogens with zero attached hydrogens (tertiary/aromatic N) is 6. The van der Waals surface area contributed by atoms with E-state index in [1.54, 1.807) is 32.9 Å². The van der Waals surface area contributed by atoms with Crippen molar-refractivity contribution < 1.29 is 9.59 Å². The molecular formula is C20H25N7O2S. The zero-order valence-electron chi connectivity index (χ0n) is 17.5. The van der Waals surface area contributed by atoms with Gasteiger partial charge < -0.3 is 5.32 Å². The van der Waals surface area contributed by atoms with Crippen molar-refractivity contribution in [1.82, 2.24) is 24.5 Å². The lowest BCUT2D eigenvalue weighted by Gasteiger charge is -2.18. The van der Waals surface area contributed by atoms with E-state index in [0.29, 0.717) is 28.9 Å². The summed E-state index contributed by atoms with van der Waals surface area (Å²) in [5.74, 6) is 0.126. The Hall–Kier alpha value is -3.01. The van der Waals surface area contributed by atoms with Crippen LogP contribution in [0.2, 0.25) is 0 Å². The number of thiazole rings is 1. The minimum atomic E-state index is -0.428. The van der Waals surface area contributed by atoms with E-state index in [9.17, 15) is 9.59 Å². The highest BCUT2D eigenvalue weighted by molar-refractivity contribution is 7.12. The van der Waals surface area contributed by atoms with Gasteiger partial charge in [-0.05, 0) is 18.4 Å². The van der Waals surface area contributed by atoms with Crippen LogP contribution in [0.1, 0.15) is 49.7 Å². The van der Waals surface area contributed by atoms with E-state index in [4.69, 9.17) is 0 Å². The Morgan fingerprint density at radius 2 is 2.13 bits per heavy atom. The molecule has 4 rings (SSSR count). The van der Waals surface area contributed by atoms with Crippen LogP contribution in [0.5, 0.6) is 0 Å². The lowest BCUT2D eigenvalue weighted by Crippen LogP contribution is -2.32. The molecule has 0 radical (unpaired) electrons. The molecule has 3 aromatic rings. The number of aromatic nitrogens is 5. The van der Waals surface area contributed by atoms with Gasteiger partial charge >= 0.3 is 0 Å². The summed E-state index contributed by atoms with van der Waals surface area (Å²) < 4.78 is 3.28. The molecule has 0 spiro atoms. The van der Waals surface area contributed by atoms with Crippen LogP contribution in [-0.2, 0) is 18.3 Å². The number of aryl methyl sites for hydroxylation is 2. The fourth-order valence-electron chi connectivity index (χ4n) is 3.47. The summed E-state index contributed by atoms with van der Waals surface area (Å²) in [5, 5.41) is 13.9. The predicted molar refractivity (Wildman–Crippen MR) is 115 cm³/mol. The van der Waals surface area contributed by atoms with Crippen molar-refractivity contribution in [2.75, 3.05) is 16.8 Å². The van der Waals surface area contributed by atoms with E-state index in [1.807, 2.05) is 26.2 Å². The summed E-state index contributed by atoms with van der Waals surface area (Å²) in [6.07, 6.45) is 8.19. The van der Waals surface area contributed by atoms with Crippen LogP contribution >= 0.6 is 11.3 Å². The molecule has 0 aliphatic carbocycles. The monoisotopic (exact) mass is 427 g/mol. The fraction of sp³-hybridized carbons (Fsp3) is 0.450. The number of hydrogen-bond acceptors (Lipinski definition) is 6. The maximum atomic E-state index is 12.8. The molecule has 1 saturated heterocycles. The summed E-state index contributed by atoms with van der Waals surface area (Å²) in [7, 11) is 1.76. The fourth-order valence-corrected chi connectivity index (χ4v) is 4.21. The number of anilines is 2. The first kappa shape index (κ1) is 20.3. The highest BCUT2D eigenvalue weighted by atomic mass is 32.1. The average Bonchev–Trinajstić information content (AvgIpc) is 3.45. The van der Waals surface area contributed by atoms with Crippen LogP contribution in [0.15, 0.2) is 24.0 Å². The summed E-state index contributed by atoms with van der Waals surface area (Å²) >= 11 is 1.35. The SMILES string of the molecule is CCCc1cnn(-c2nc(C(=O)Nc3cn(C)nc3N3CCC(C)(C)C3=O)cs2)c1. The van der Waals surface area contributed by atoms with E-state index in [1.165, 1.54) is 11.3 Å². The molecule has 2 amide bonds. The highest BCUT2D eigenvalue weighted by Gasteiger charge is 2.41. The molecule has 0 unspecified atom stereocenters. The summed E-state index contributed by atoms with van der Waals surface area (Å²) in [4.78, 5) is 31.6. The molecule has 0 bridgehead atoms. The maximum Gasteiger partial charge on any atom is 0.275 e. The first-order valence-corrected chi connectivity index (χ1v) is 10.8. The molecule has 0 aromatic carbocycles. The van der Waals surface area contributed by atoms with Crippen molar-refractivity contribution in [3.05, 3.63) is 35.2 Å². The third-order valence-corrected chi connectivity index (χ3v) is 6.02.